The molecule has 0 aliphatic carbocycles. The zero-order chi connectivity index (χ0) is 18.8. The van der Waals surface area contributed by atoms with E-state index in [1.807, 2.05) is 0 Å². The number of amidine groups is 1. The van der Waals surface area contributed by atoms with Gasteiger partial charge in [-0.3, -0.25) is 4.79 Å². The number of halogens is 1. The summed E-state index contributed by atoms with van der Waals surface area (Å²) >= 11 is 0. The van der Waals surface area contributed by atoms with E-state index in [9.17, 15) is 14.3 Å². The molecule has 7 nitrogen and oxygen atoms in total. The van der Waals surface area contributed by atoms with Crippen LogP contribution in [0, 0.1) is 5.82 Å². The van der Waals surface area contributed by atoms with Crippen molar-refractivity contribution in [1.82, 2.24) is 0 Å². The molecule has 3 heterocycles. The highest BCUT2D eigenvalue weighted by Crippen LogP contribution is 2.53. The van der Waals surface area contributed by atoms with E-state index in [2.05, 4.69) is 4.99 Å². The summed E-state index contributed by atoms with van der Waals surface area (Å²) in [4.78, 5) is 18.1. The lowest BCUT2D eigenvalue weighted by Crippen LogP contribution is -2.32. The Morgan fingerprint density at radius 1 is 1.26 bits per heavy atom. The molecule has 0 radical (unpaired) electrons. The van der Waals surface area contributed by atoms with Gasteiger partial charge in [0.2, 0.25) is 5.91 Å². The Morgan fingerprint density at radius 3 is 2.81 bits per heavy atom. The van der Waals surface area contributed by atoms with Crippen molar-refractivity contribution < 1.29 is 23.8 Å². The molecule has 0 aromatic heterocycles. The summed E-state index contributed by atoms with van der Waals surface area (Å²) in [5.41, 5.74) is 6.02. The lowest BCUT2D eigenvalue weighted by molar-refractivity contribution is -0.117. The molecule has 8 heteroatoms. The zero-order valence-electron chi connectivity index (χ0n) is 14.2. The van der Waals surface area contributed by atoms with Crippen LogP contribution >= 0.6 is 0 Å². The molecule has 3 aliphatic heterocycles. The molecule has 2 aromatic carbocycles. The van der Waals surface area contributed by atoms with Gasteiger partial charge < -0.3 is 25.2 Å². The fraction of sp³-hybridized carbons (Fsp3) is 0.263. The first kappa shape index (κ1) is 15.9. The Morgan fingerprint density at radius 2 is 2.11 bits per heavy atom. The molecule has 27 heavy (non-hydrogen) atoms. The van der Waals surface area contributed by atoms with E-state index in [1.54, 1.807) is 17.0 Å². The molecular weight excluding hydrogens is 353 g/mol. The molecule has 1 amide bonds. The smallest absolute Gasteiger partial charge is 0.283 e. The van der Waals surface area contributed by atoms with Gasteiger partial charge in [0.15, 0.2) is 17.1 Å². The van der Waals surface area contributed by atoms with Gasteiger partial charge >= 0.3 is 0 Å². The van der Waals surface area contributed by atoms with Crippen molar-refractivity contribution in [3.63, 3.8) is 0 Å². The van der Waals surface area contributed by atoms with Crippen LogP contribution in [0.1, 0.15) is 24.0 Å². The van der Waals surface area contributed by atoms with Crippen LogP contribution in [0.15, 0.2) is 35.3 Å². The average Bonchev–Trinajstić information content (AvgIpc) is 3.23. The number of benzene rings is 2. The third kappa shape index (κ3) is 2.19. The van der Waals surface area contributed by atoms with E-state index in [4.69, 9.17) is 15.2 Å². The van der Waals surface area contributed by atoms with Crippen LogP contribution in [0.25, 0.3) is 0 Å². The first-order valence-corrected chi connectivity index (χ1v) is 8.62. The van der Waals surface area contributed by atoms with Crippen molar-refractivity contribution in [1.29, 1.82) is 0 Å². The molecule has 1 unspecified atom stereocenters. The van der Waals surface area contributed by atoms with Gasteiger partial charge in [-0.15, -0.1) is 0 Å². The van der Waals surface area contributed by atoms with Crippen molar-refractivity contribution in [3.05, 3.63) is 47.3 Å². The fourth-order valence-electron chi connectivity index (χ4n) is 3.96. The Bertz CT molecular complexity index is 1020. The predicted molar refractivity (Wildman–Crippen MR) is 94.5 cm³/mol. The maximum absolute atomic E-state index is 15.0. The second-order valence-corrected chi connectivity index (χ2v) is 6.83. The maximum Gasteiger partial charge on any atom is 0.283 e. The van der Waals surface area contributed by atoms with Gasteiger partial charge in [0, 0.05) is 35.8 Å². The monoisotopic (exact) mass is 369 g/mol. The molecule has 1 saturated heterocycles. The average molecular weight is 369 g/mol. The van der Waals surface area contributed by atoms with Gasteiger partial charge in [-0.25, -0.2) is 9.38 Å². The van der Waals surface area contributed by atoms with Gasteiger partial charge in [-0.2, -0.15) is 0 Å². The summed E-state index contributed by atoms with van der Waals surface area (Å²) in [6.07, 6.45) is 1.16. The van der Waals surface area contributed by atoms with Crippen LogP contribution in [0.4, 0.5) is 10.1 Å². The predicted octanol–water partition coefficient (Wildman–Crippen LogP) is 2.35. The van der Waals surface area contributed by atoms with Crippen molar-refractivity contribution in [3.8, 4) is 17.2 Å². The number of carbonyl (C=O) groups is 1. The first-order valence-electron chi connectivity index (χ1n) is 8.62. The summed E-state index contributed by atoms with van der Waals surface area (Å²) < 4.78 is 26.2. The number of fused-ring (bicyclic) bond motifs is 4. The largest absolute Gasteiger partial charge is 0.508 e. The van der Waals surface area contributed by atoms with E-state index in [0.29, 0.717) is 35.5 Å². The highest BCUT2D eigenvalue weighted by atomic mass is 19.1. The quantitative estimate of drug-likeness (QED) is 0.804. The normalized spacial score (nSPS) is 22.9. The molecule has 5 rings (SSSR count). The zero-order valence-corrected chi connectivity index (χ0v) is 14.2. The molecule has 1 fully saturated rings. The van der Waals surface area contributed by atoms with Gasteiger partial charge in [0.25, 0.3) is 6.02 Å². The van der Waals surface area contributed by atoms with Crippen LogP contribution in [-0.2, 0) is 15.1 Å². The second-order valence-electron chi connectivity index (χ2n) is 6.83. The highest BCUT2D eigenvalue weighted by Gasteiger charge is 2.48. The number of amides is 1. The van der Waals surface area contributed by atoms with Gasteiger partial charge in [-0.1, -0.05) is 0 Å². The summed E-state index contributed by atoms with van der Waals surface area (Å²) in [7, 11) is 0. The Balaban J connectivity index is 1.76. The van der Waals surface area contributed by atoms with Crippen LogP contribution in [0.3, 0.4) is 0 Å². The Hall–Kier alpha value is -3.29. The summed E-state index contributed by atoms with van der Waals surface area (Å²) in [5.74, 6) is -0.242. The SMILES string of the molecule is NC1=NC2(CO1)c1cc(O)ccc1Oc1c(F)cc(N3CCCC3=O)cc12. The lowest BCUT2D eigenvalue weighted by Gasteiger charge is -2.34. The highest BCUT2D eigenvalue weighted by molar-refractivity contribution is 5.95. The topological polar surface area (TPSA) is 97.4 Å². The second kappa shape index (κ2) is 5.35. The summed E-state index contributed by atoms with van der Waals surface area (Å²) in [6, 6.07) is 7.48. The van der Waals surface area contributed by atoms with Crippen molar-refractivity contribution in [2.24, 2.45) is 10.7 Å². The number of hydrogen-bond donors (Lipinski definition) is 2. The van der Waals surface area contributed by atoms with Crippen LogP contribution in [0.5, 0.6) is 17.2 Å². The Labute approximate surface area is 153 Å². The number of phenols is 1. The Kier molecular flexibility index (Phi) is 3.16. The molecule has 0 saturated carbocycles. The van der Waals surface area contributed by atoms with Crippen LogP contribution in [0.2, 0.25) is 0 Å². The van der Waals surface area contributed by atoms with Crippen LogP contribution < -0.4 is 15.4 Å². The number of aliphatic imine (C=N–C) groups is 1. The van der Waals surface area contributed by atoms with Crippen LogP contribution in [-0.4, -0.2) is 30.2 Å². The standard InChI is InChI=1S/C19H16FN3O4/c20-14-7-10(23-5-1-2-16(23)25)6-13-17(14)27-15-4-3-11(24)8-12(15)19(13)9-26-18(21)22-19/h3-4,6-8,24H,1-2,5,9H2,(H2,21,22). The number of nitrogens with zero attached hydrogens (tertiary/aromatic N) is 2. The number of anilines is 1. The van der Waals surface area contributed by atoms with E-state index in [1.165, 1.54) is 18.2 Å². The van der Waals surface area contributed by atoms with Crippen molar-refractivity contribution in [2.75, 3.05) is 18.1 Å². The maximum atomic E-state index is 15.0. The minimum Gasteiger partial charge on any atom is -0.508 e. The molecule has 3 aliphatic rings. The number of nitrogens with two attached hydrogens (primary N) is 1. The molecule has 2 aromatic rings. The van der Waals surface area contributed by atoms with Gasteiger partial charge in [-0.05, 0) is 30.7 Å². The number of rotatable bonds is 1. The number of hydrogen-bond acceptors (Lipinski definition) is 6. The number of carbonyl (C=O) groups excluding carboxylic acids is 1. The summed E-state index contributed by atoms with van der Waals surface area (Å²) in [5, 5.41) is 9.96. The van der Waals surface area contributed by atoms with Gasteiger partial charge in [0.05, 0.1) is 0 Å². The molecule has 3 N–H and O–H groups in total. The molecule has 1 spiro atoms. The van der Waals surface area contributed by atoms with E-state index >= 15 is 0 Å². The lowest BCUT2D eigenvalue weighted by atomic mass is 9.81. The molecule has 138 valence electrons. The van der Waals surface area contributed by atoms with E-state index < -0.39 is 11.4 Å². The molecular formula is C19H16FN3O4. The van der Waals surface area contributed by atoms with Gasteiger partial charge in [0.1, 0.15) is 18.1 Å². The van der Waals surface area contributed by atoms with Crippen molar-refractivity contribution in [2.45, 2.75) is 18.4 Å². The van der Waals surface area contributed by atoms with E-state index in [-0.39, 0.29) is 30.0 Å². The number of phenolic OH excluding ortho intramolecular Hbond substituents is 1. The molecule has 1 atom stereocenters. The fourth-order valence-corrected chi connectivity index (χ4v) is 3.96. The minimum atomic E-state index is -1.15. The van der Waals surface area contributed by atoms with Crippen molar-refractivity contribution >= 4 is 17.6 Å². The number of aromatic hydroxyl groups is 1. The third-order valence-electron chi connectivity index (χ3n) is 5.21. The van der Waals surface area contributed by atoms with E-state index in [0.717, 1.165) is 6.42 Å². The summed E-state index contributed by atoms with van der Waals surface area (Å²) in [6.45, 7) is 0.576. The minimum absolute atomic E-state index is 0.0191. The first-order chi connectivity index (χ1) is 13.0. The third-order valence-corrected chi connectivity index (χ3v) is 5.21. The molecule has 0 bridgehead atoms. The number of ether oxygens (including phenoxy) is 2.